The molecule has 3 heterocycles. The second kappa shape index (κ2) is 7.95. The van der Waals surface area contributed by atoms with Gasteiger partial charge in [0.15, 0.2) is 23.0 Å². The molecule has 0 spiro atoms. The van der Waals surface area contributed by atoms with Crippen LogP contribution in [0, 0.1) is 0 Å². The second-order valence-corrected chi connectivity index (χ2v) is 7.92. The number of benzene rings is 2. The summed E-state index contributed by atoms with van der Waals surface area (Å²) >= 11 is 1.44. The lowest BCUT2D eigenvalue weighted by Crippen LogP contribution is -2.24. The minimum absolute atomic E-state index is 0.0488. The van der Waals surface area contributed by atoms with Crippen LogP contribution in [0.3, 0.4) is 0 Å². The molecule has 2 aliphatic heterocycles. The van der Waals surface area contributed by atoms with Gasteiger partial charge in [0.25, 0.3) is 0 Å². The Kier molecular flexibility index (Phi) is 5.00. The molecule has 0 atom stereocenters. The van der Waals surface area contributed by atoms with E-state index in [0.29, 0.717) is 23.8 Å². The van der Waals surface area contributed by atoms with Crippen LogP contribution in [-0.2, 0) is 17.8 Å². The van der Waals surface area contributed by atoms with Crippen LogP contribution < -0.4 is 24.3 Å². The molecule has 8 heteroatoms. The van der Waals surface area contributed by atoms with Gasteiger partial charge in [0.05, 0.1) is 11.3 Å². The lowest BCUT2D eigenvalue weighted by Gasteiger charge is -2.10. The van der Waals surface area contributed by atoms with Crippen LogP contribution in [0.5, 0.6) is 23.0 Å². The van der Waals surface area contributed by atoms with E-state index < -0.39 is 0 Å². The smallest absolute Gasteiger partial charge is 0.231 e. The van der Waals surface area contributed by atoms with Crippen molar-refractivity contribution in [3.8, 4) is 23.0 Å². The Morgan fingerprint density at radius 2 is 1.73 bits per heavy atom. The number of nitrogens with zero attached hydrogens (tertiary/aromatic N) is 1. The number of carbonyl (C=O) groups excluding carboxylic acids is 1. The molecule has 30 heavy (non-hydrogen) atoms. The summed E-state index contributed by atoms with van der Waals surface area (Å²) in [6, 6.07) is 11.6. The van der Waals surface area contributed by atoms with Crippen molar-refractivity contribution in [1.82, 2.24) is 10.3 Å². The Hall–Kier alpha value is -3.13. The summed E-state index contributed by atoms with van der Waals surface area (Å²) in [5, 5.41) is 4.82. The summed E-state index contributed by atoms with van der Waals surface area (Å²) in [6.07, 6.45) is 0.832. The zero-order valence-corrected chi connectivity index (χ0v) is 17.2. The molecule has 2 aliphatic rings. The Morgan fingerprint density at radius 1 is 1.00 bits per heavy atom. The van der Waals surface area contributed by atoms with Crippen molar-refractivity contribution in [3.05, 3.63) is 47.5 Å². The number of rotatable bonds is 6. The average Bonchev–Trinajstić information content (AvgIpc) is 3.42. The van der Waals surface area contributed by atoms with E-state index in [9.17, 15) is 4.79 Å². The first kappa shape index (κ1) is 18.9. The van der Waals surface area contributed by atoms with Gasteiger partial charge in [-0.05, 0) is 41.8 Å². The number of aryl methyl sites for hydroxylation is 1. The predicted molar refractivity (Wildman–Crippen MR) is 112 cm³/mol. The van der Waals surface area contributed by atoms with Gasteiger partial charge in [0, 0.05) is 18.0 Å². The molecule has 0 bridgehead atoms. The number of ether oxygens (including phenoxy) is 4. The molecule has 0 unspecified atom stereocenters. The molecule has 0 saturated carbocycles. The zero-order chi connectivity index (χ0) is 20.5. The number of carbonyl (C=O) groups is 1. The van der Waals surface area contributed by atoms with Crippen molar-refractivity contribution in [2.45, 2.75) is 24.9 Å². The highest BCUT2D eigenvalue weighted by molar-refractivity contribution is 7.99. The zero-order valence-electron chi connectivity index (χ0n) is 16.4. The highest BCUT2D eigenvalue weighted by Crippen LogP contribution is 2.37. The minimum atomic E-state index is -0.0488. The van der Waals surface area contributed by atoms with E-state index in [0.717, 1.165) is 45.0 Å². The largest absolute Gasteiger partial charge is 0.454 e. The monoisotopic (exact) mass is 424 g/mol. The number of hydrogen-bond acceptors (Lipinski definition) is 7. The molecule has 1 N–H and O–H groups in total. The third-order valence-electron chi connectivity index (χ3n) is 5.00. The standard InChI is InChI=1S/C22H20N2O5S/c1-2-14-6-15-7-19-20(29-12-28-19)8-16(15)24-22(14)30-10-21(25)23-9-13-3-4-17-18(5-13)27-11-26-17/h3-8H,2,9-12H2,1H3,(H,23,25). The molecular formula is C22H20N2O5S. The highest BCUT2D eigenvalue weighted by Gasteiger charge is 2.17. The number of thioether (sulfide) groups is 1. The van der Waals surface area contributed by atoms with Crippen LogP contribution in [0.4, 0.5) is 0 Å². The molecule has 5 rings (SSSR count). The van der Waals surface area contributed by atoms with E-state index in [4.69, 9.17) is 23.9 Å². The van der Waals surface area contributed by atoms with Crippen molar-refractivity contribution in [1.29, 1.82) is 0 Å². The third-order valence-corrected chi connectivity index (χ3v) is 6.03. The van der Waals surface area contributed by atoms with Gasteiger partial charge in [-0.3, -0.25) is 4.79 Å². The number of aromatic nitrogens is 1. The van der Waals surface area contributed by atoms with E-state index in [-0.39, 0.29) is 19.5 Å². The Labute approximate surface area is 177 Å². The number of nitrogens with one attached hydrogen (secondary N) is 1. The fraction of sp³-hybridized carbons (Fsp3) is 0.273. The Morgan fingerprint density at radius 3 is 2.53 bits per heavy atom. The summed E-state index contributed by atoms with van der Waals surface area (Å²) in [7, 11) is 0. The first-order valence-corrected chi connectivity index (χ1v) is 10.7. The molecule has 0 radical (unpaired) electrons. The molecule has 154 valence electrons. The number of fused-ring (bicyclic) bond motifs is 3. The minimum Gasteiger partial charge on any atom is -0.454 e. The fourth-order valence-electron chi connectivity index (χ4n) is 3.40. The van der Waals surface area contributed by atoms with Crippen molar-refractivity contribution < 1.29 is 23.7 Å². The topological polar surface area (TPSA) is 78.9 Å². The quantitative estimate of drug-likeness (QED) is 0.605. The van der Waals surface area contributed by atoms with Crippen molar-refractivity contribution in [3.63, 3.8) is 0 Å². The highest BCUT2D eigenvalue weighted by atomic mass is 32.2. The Bertz CT molecular complexity index is 1130. The van der Waals surface area contributed by atoms with Gasteiger partial charge in [0.1, 0.15) is 5.03 Å². The van der Waals surface area contributed by atoms with Gasteiger partial charge in [-0.1, -0.05) is 24.8 Å². The molecule has 1 amide bonds. The van der Waals surface area contributed by atoms with Crippen LogP contribution in [0.1, 0.15) is 18.1 Å². The van der Waals surface area contributed by atoms with Crippen LogP contribution in [0.15, 0.2) is 41.4 Å². The average molecular weight is 424 g/mol. The first-order valence-electron chi connectivity index (χ1n) is 9.71. The van der Waals surface area contributed by atoms with Gasteiger partial charge in [-0.25, -0.2) is 4.98 Å². The fourth-order valence-corrected chi connectivity index (χ4v) is 4.33. The first-order chi connectivity index (χ1) is 14.7. The van der Waals surface area contributed by atoms with Gasteiger partial charge in [-0.2, -0.15) is 0 Å². The van der Waals surface area contributed by atoms with Gasteiger partial charge in [-0.15, -0.1) is 0 Å². The maximum absolute atomic E-state index is 12.4. The van der Waals surface area contributed by atoms with Crippen molar-refractivity contribution in [2.24, 2.45) is 0 Å². The second-order valence-electron chi connectivity index (χ2n) is 6.96. The molecule has 0 fully saturated rings. The van der Waals surface area contributed by atoms with Gasteiger partial charge < -0.3 is 24.3 Å². The summed E-state index contributed by atoms with van der Waals surface area (Å²) in [5.41, 5.74) is 2.90. The lowest BCUT2D eigenvalue weighted by molar-refractivity contribution is -0.118. The van der Waals surface area contributed by atoms with Gasteiger partial charge >= 0.3 is 0 Å². The molecule has 3 aromatic rings. The van der Waals surface area contributed by atoms with E-state index in [2.05, 4.69) is 18.3 Å². The molecule has 0 saturated heterocycles. The number of amides is 1. The molecular weight excluding hydrogens is 404 g/mol. The van der Waals surface area contributed by atoms with E-state index in [1.807, 2.05) is 30.3 Å². The van der Waals surface area contributed by atoms with Crippen molar-refractivity contribution in [2.75, 3.05) is 19.3 Å². The summed E-state index contributed by atoms with van der Waals surface area (Å²) in [5.74, 6) is 3.14. The summed E-state index contributed by atoms with van der Waals surface area (Å²) < 4.78 is 21.6. The lowest BCUT2D eigenvalue weighted by atomic mass is 10.1. The molecule has 0 aliphatic carbocycles. The van der Waals surface area contributed by atoms with Crippen molar-refractivity contribution >= 4 is 28.6 Å². The normalized spacial score (nSPS) is 13.6. The number of pyridine rings is 1. The maximum atomic E-state index is 12.4. The summed E-state index contributed by atoms with van der Waals surface area (Å²) in [4.78, 5) is 17.2. The summed E-state index contributed by atoms with van der Waals surface area (Å²) in [6.45, 7) is 2.99. The molecule has 7 nitrogen and oxygen atoms in total. The van der Waals surface area contributed by atoms with Crippen LogP contribution in [0.2, 0.25) is 0 Å². The SMILES string of the molecule is CCc1cc2cc3c(cc2nc1SCC(=O)NCc1ccc2c(c1)OCO2)OCO3. The van der Waals surface area contributed by atoms with E-state index in [1.165, 1.54) is 11.8 Å². The maximum Gasteiger partial charge on any atom is 0.231 e. The number of hydrogen-bond donors (Lipinski definition) is 1. The van der Waals surface area contributed by atoms with E-state index in [1.54, 1.807) is 0 Å². The molecule has 1 aromatic heterocycles. The predicted octanol–water partition coefficient (Wildman–Crippen LogP) is 3.66. The van der Waals surface area contributed by atoms with Crippen LogP contribution >= 0.6 is 11.8 Å². The van der Waals surface area contributed by atoms with E-state index >= 15 is 0 Å². The van der Waals surface area contributed by atoms with Crippen LogP contribution in [-0.4, -0.2) is 30.2 Å². The molecule has 2 aromatic carbocycles. The Balaban J connectivity index is 1.25. The third kappa shape index (κ3) is 3.70. The van der Waals surface area contributed by atoms with Crippen LogP contribution in [0.25, 0.3) is 10.9 Å². The van der Waals surface area contributed by atoms with Gasteiger partial charge in [0.2, 0.25) is 19.5 Å².